The van der Waals surface area contributed by atoms with Crippen LogP contribution in [0.25, 0.3) is 0 Å². The second-order valence-corrected chi connectivity index (χ2v) is 8.44. The van der Waals surface area contributed by atoms with E-state index in [1.165, 1.54) is 6.26 Å². The second kappa shape index (κ2) is 7.44. The zero-order valence-corrected chi connectivity index (χ0v) is 17.8. The smallest absolute Gasteiger partial charge is 0.410 e. The number of fused-ring (bicyclic) bond motifs is 2. The lowest BCUT2D eigenvalue weighted by molar-refractivity contribution is -0.174. The highest BCUT2D eigenvalue weighted by Gasteiger charge is 2.48. The summed E-state index contributed by atoms with van der Waals surface area (Å²) in [7, 11) is 0. The Kier molecular flexibility index (Phi) is 4.84. The number of carbonyl (C=O) groups is 1. The maximum Gasteiger partial charge on any atom is 0.410 e. The third-order valence-electron chi connectivity index (χ3n) is 5.74. The molecule has 10 heteroatoms. The number of carbonyl (C=O) groups excluding carboxylic acids is 1. The number of nitrogens with one attached hydrogen (secondary N) is 1. The molecule has 1 amide bonds. The number of aromatic nitrogens is 2. The van der Waals surface area contributed by atoms with Gasteiger partial charge in [0, 0.05) is 18.7 Å². The van der Waals surface area contributed by atoms with Crippen molar-refractivity contribution < 1.29 is 22.4 Å². The second-order valence-electron chi connectivity index (χ2n) is 7.65. The molecule has 162 valence electrons. The van der Waals surface area contributed by atoms with E-state index in [9.17, 15) is 18.0 Å². The van der Waals surface area contributed by atoms with Gasteiger partial charge in [-0.1, -0.05) is 18.2 Å². The van der Waals surface area contributed by atoms with Gasteiger partial charge < -0.3 is 14.6 Å². The molecule has 4 heterocycles. The molecule has 5 rings (SSSR count). The first kappa shape index (κ1) is 20.2. The van der Waals surface area contributed by atoms with Gasteiger partial charge in [0.25, 0.3) is 5.91 Å². The Morgan fingerprint density at radius 2 is 2.03 bits per heavy atom. The summed E-state index contributed by atoms with van der Waals surface area (Å²) in [5, 5.41) is 7.18. The molecule has 0 fully saturated rings. The topological polar surface area (TPSA) is 63.3 Å². The van der Waals surface area contributed by atoms with E-state index in [-0.39, 0.29) is 22.4 Å². The average molecular weight is 495 g/mol. The molecule has 2 aliphatic rings. The van der Waals surface area contributed by atoms with Crippen molar-refractivity contribution in [1.29, 1.82) is 0 Å². The third-order valence-corrected chi connectivity index (χ3v) is 6.49. The van der Waals surface area contributed by atoms with Crippen molar-refractivity contribution in [2.24, 2.45) is 0 Å². The number of anilines is 2. The predicted molar refractivity (Wildman–Crippen MR) is 111 cm³/mol. The fourth-order valence-corrected chi connectivity index (χ4v) is 4.82. The van der Waals surface area contributed by atoms with Crippen molar-refractivity contribution in [3.8, 4) is 0 Å². The molecule has 0 radical (unpaired) electrons. The van der Waals surface area contributed by atoms with Crippen LogP contribution in [0.5, 0.6) is 0 Å². The number of alkyl halides is 3. The van der Waals surface area contributed by atoms with Crippen LogP contribution in [0.1, 0.15) is 46.7 Å². The third kappa shape index (κ3) is 3.42. The standard InChI is InChI=1S/C21H18BrF3N4O2/c22-17-18(20(30)28-9-3-6-12-5-1-2-7-14(12)28)27-29-16(21(23,24)25)11-13(26-19(17)29)15-8-4-10-31-15/h1-2,4-5,7-8,10,13,16,26H,3,6,9,11H2. The summed E-state index contributed by atoms with van der Waals surface area (Å²) in [4.78, 5) is 14.9. The number of nitrogens with zero attached hydrogens (tertiary/aromatic N) is 3. The molecule has 0 saturated carbocycles. The fraction of sp³-hybridized carbons (Fsp3) is 0.333. The molecule has 1 aromatic carbocycles. The maximum atomic E-state index is 13.9. The molecule has 2 atom stereocenters. The van der Waals surface area contributed by atoms with E-state index in [0.29, 0.717) is 12.3 Å². The molecule has 2 aromatic heterocycles. The number of halogens is 4. The van der Waals surface area contributed by atoms with Crippen LogP contribution in [-0.2, 0) is 6.42 Å². The van der Waals surface area contributed by atoms with E-state index in [2.05, 4.69) is 26.3 Å². The lowest BCUT2D eigenvalue weighted by Gasteiger charge is -2.32. The van der Waals surface area contributed by atoms with Gasteiger partial charge >= 0.3 is 6.18 Å². The normalized spacial score (nSPS) is 20.7. The summed E-state index contributed by atoms with van der Waals surface area (Å²) < 4.78 is 48.1. The first-order chi connectivity index (χ1) is 14.8. The van der Waals surface area contributed by atoms with Crippen LogP contribution in [0.2, 0.25) is 0 Å². The van der Waals surface area contributed by atoms with Crippen molar-refractivity contribution in [2.45, 2.75) is 37.5 Å². The molecule has 2 unspecified atom stereocenters. The van der Waals surface area contributed by atoms with E-state index in [0.717, 1.165) is 28.8 Å². The van der Waals surface area contributed by atoms with Gasteiger partial charge in [-0.3, -0.25) is 4.79 Å². The van der Waals surface area contributed by atoms with Crippen molar-refractivity contribution in [3.05, 3.63) is 64.2 Å². The Morgan fingerprint density at radius 1 is 1.23 bits per heavy atom. The molecule has 6 nitrogen and oxygen atoms in total. The van der Waals surface area contributed by atoms with E-state index < -0.39 is 24.2 Å². The summed E-state index contributed by atoms with van der Waals surface area (Å²) in [5.74, 6) is 0.0771. The first-order valence-corrected chi connectivity index (χ1v) is 10.7. The molecule has 0 bridgehead atoms. The molecule has 31 heavy (non-hydrogen) atoms. The number of hydrogen-bond donors (Lipinski definition) is 1. The van der Waals surface area contributed by atoms with Gasteiger partial charge in [0.2, 0.25) is 0 Å². The highest BCUT2D eigenvalue weighted by molar-refractivity contribution is 9.10. The highest BCUT2D eigenvalue weighted by atomic mass is 79.9. The minimum absolute atomic E-state index is 0.0476. The summed E-state index contributed by atoms with van der Waals surface area (Å²) in [6.45, 7) is 0.482. The van der Waals surface area contributed by atoms with Gasteiger partial charge in [0.15, 0.2) is 11.7 Å². The van der Waals surface area contributed by atoms with Crippen LogP contribution in [0.4, 0.5) is 24.7 Å². The van der Waals surface area contributed by atoms with Crippen LogP contribution < -0.4 is 10.2 Å². The Balaban J connectivity index is 1.56. The van der Waals surface area contributed by atoms with Crippen LogP contribution in [0, 0.1) is 0 Å². The molecule has 0 aliphatic carbocycles. The van der Waals surface area contributed by atoms with Crippen molar-refractivity contribution in [3.63, 3.8) is 0 Å². The number of hydrogen-bond acceptors (Lipinski definition) is 4. The molecule has 3 aromatic rings. The molecule has 0 spiro atoms. The number of para-hydroxylation sites is 1. The SMILES string of the molecule is O=C(c1nn2c(c1Br)NC(c1ccco1)CC2C(F)(F)F)N1CCCc2ccccc21. The summed E-state index contributed by atoms with van der Waals surface area (Å²) in [5.41, 5.74) is 1.75. The largest absolute Gasteiger partial charge is 0.467 e. The number of rotatable bonds is 2. The Bertz CT molecular complexity index is 1130. The fourth-order valence-electron chi connectivity index (χ4n) is 4.27. The van der Waals surface area contributed by atoms with Crippen LogP contribution in [0.15, 0.2) is 51.6 Å². The molecule has 2 aliphatic heterocycles. The maximum absolute atomic E-state index is 13.9. The molecular weight excluding hydrogens is 477 g/mol. The number of amides is 1. The monoisotopic (exact) mass is 494 g/mol. The minimum Gasteiger partial charge on any atom is -0.467 e. The van der Waals surface area contributed by atoms with Gasteiger partial charge in [-0.15, -0.1) is 0 Å². The van der Waals surface area contributed by atoms with E-state index >= 15 is 0 Å². The van der Waals surface area contributed by atoms with Gasteiger partial charge in [-0.25, -0.2) is 4.68 Å². The van der Waals surface area contributed by atoms with Gasteiger partial charge in [0.1, 0.15) is 11.6 Å². The molecule has 0 saturated heterocycles. The van der Waals surface area contributed by atoms with Crippen LogP contribution >= 0.6 is 15.9 Å². The Labute approximate surface area is 184 Å². The van der Waals surface area contributed by atoms with Gasteiger partial charge in [-0.2, -0.15) is 18.3 Å². The molecular formula is C21H18BrF3N4O2. The van der Waals surface area contributed by atoms with Crippen LogP contribution in [0.3, 0.4) is 0 Å². The van der Waals surface area contributed by atoms with E-state index in [4.69, 9.17) is 4.42 Å². The predicted octanol–water partition coefficient (Wildman–Crippen LogP) is 5.49. The van der Waals surface area contributed by atoms with Crippen LogP contribution in [-0.4, -0.2) is 28.4 Å². The number of benzene rings is 1. The van der Waals surface area contributed by atoms with Crippen molar-refractivity contribution >= 4 is 33.3 Å². The zero-order chi connectivity index (χ0) is 21.8. The number of furan rings is 1. The minimum atomic E-state index is -4.54. The highest BCUT2D eigenvalue weighted by Crippen LogP contribution is 2.46. The summed E-state index contributed by atoms with van der Waals surface area (Å²) >= 11 is 3.34. The zero-order valence-electron chi connectivity index (χ0n) is 16.2. The quantitative estimate of drug-likeness (QED) is 0.511. The lowest BCUT2D eigenvalue weighted by Crippen LogP contribution is -2.37. The summed E-state index contributed by atoms with van der Waals surface area (Å²) in [6.07, 6.45) is -1.78. The van der Waals surface area contributed by atoms with Crippen molar-refractivity contribution in [2.75, 3.05) is 16.8 Å². The summed E-state index contributed by atoms with van der Waals surface area (Å²) in [6, 6.07) is 8.23. The average Bonchev–Trinajstić information content (AvgIpc) is 3.40. The van der Waals surface area contributed by atoms with E-state index in [1.54, 1.807) is 17.0 Å². The Morgan fingerprint density at radius 3 is 2.77 bits per heavy atom. The van der Waals surface area contributed by atoms with E-state index in [1.807, 2.05) is 24.3 Å². The first-order valence-electron chi connectivity index (χ1n) is 9.89. The Hall–Kier alpha value is -2.75. The lowest BCUT2D eigenvalue weighted by atomic mass is 10.0. The van der Waals surface area contributed by atoms with Gasteiger partial charge in [0.05, 0.1) is 16.8 Å². The number of aryl methyl sites for hydroxylation is 1. The van der Waals surface area contributed by atoms with Gasteiger partial charge in [-0.05, 0) is 52.5 Å². The van der Waals surface area contributed by atoms with Crippen molar-refractivity contribution in [1.82, 2.24) is 9.78 Å². The molecule has 1 N–H and O–H groups in total.